The van der Waals surface area contributed by atoms with Crippen LogP contribution in [-0.4, -0.2) is 11.1 Å². The van der Waals surface area contributed by atoms with Crippen LogP contribution < -0.4 is 0 Å². The van der Waals surface area contributed by atoms with E-state index < -0.39 is 5.97 Å². The molecule has 0 atom stereocenters. The number of carbonyl (C=O) groups is 1. The van der Waals surface area contributed by atoms with E-state index in [0.29, 0.717) is 10.6 Å². The molecule has 0 bridgehead atoms. The number of rotatable bonds is 1. The Labute approximate surface area is 95.0 Å². The third kappa shape index (κ3) is 3.41. The van der Waals surface area contributed by atoms with Gasteiger partial charge in [0.25, 0.3) is 0 Å². The first-order valence-corrected chi connectivity index (χ1v) is 4.92. The largest absolute Gasteiger partial charge is 0.481 e. The quantitative estimate of drug-likeness (QED) is 0.799. The van der Waals surface area contributed by atoms with Crippen LogP contribution >= 0.6 is 27.5 Å². The summed E-state index contributed by atoms with van der Waals surface area (Å²) in [6.07, 6.45) is -0.178. The van der Waals surface area contributed by atoms with Gasteiger partial charge in [-0.2, -0.15) is 0 Å². The van der Waals surface area contributed by atoms with Crippen LogP contribution in [-0.2, 0) is 4.79 Å². The van der Waals surface area contributed by atoms with E-state index in [0.717, 1.165) is 4.47 Å². The van der Waals surface area contributed by atoms with Crippen molar-refractivity contribution in [2.24, 2.45) is 0 Å². The maximum absolute atomic E-state index is 10.2. The van der Waals surface area contributed by atoms with Gasteiger partial charge >= 0.3 is 5.97 Å². The topological polar surface area (TPSA) is 37.3 Å². The van der Waals surface area contributed by atoms with Gasteiger partial charge in [-0.15, -0.1) is 0 Å². The number of halogens is 2. The minimum atomic E-state index is -0.941. The molecule has 1 aromatic carbocycles. The van der Waals surface area contributed by atoms with Crippen LogP contribution in [0.1, 0.15) is 12.0 Å². The molecule has 1 aromatic rings. The molecule has 1 rings (SSSR count). The first-order chi connectivity index (χ1) is 6.59. The van der Waals surface area contributed by atoms with Crippen molar-refractivity contribution in [2.75, 3.05) is 0 Å². The zero-order valence-electron chi connectivity index (χ0n) is 7.05. The van der Waals surface area contributed by atoms with E-state index in [1.165, 1.54) is 0 Å². The minimum absolute atomic E-state index is 0.178. The Morgan fingerprint density at radius 3 is 2.93 bits per heavy atom. The highest BCUT2D eigenvalue weighted by Crippen LogP contribution is 2.19. The lowest BCUT2D eigenvalue weighted by Gasteiger charge is -1.95. The van der Waals surface area contributed by atoms with Crippen LogP contribution in [0.3, 0.4) is 0 Å². The lowest BCUT2D eigenvalue weighted by Crippen LogP contribution is -1.90. The van der Waals surface area contributed by atoms with Crippen molar-refractivity contribution in [3.05, 3.63) is 33.3 Å². The molecule has 0 spiro atoms. The van der Waals surface area contributed by atoms with E-state index in [4.69, 9.17) is 16.7 Å². The highest BCUT2D eigenvalue weighted by molar-refractivity contribution is 9.10. The fourth-order valence-electron chi connectivity index (χ4n) is 0.808. The molecule has 0 aliphatic rings. The van der Waals surface area contributed by atoms with Gasteiger partial charge in [0.1, 0.15) is 6.42 Å². The Bertz CT molecular complexity index is 418. The Morgan fingerprint density at radius 2 is 2.29 bits per heavy atom. The summed E-state index contributed by atoms with van der Waals surface area (Å²) in [6.45, 7) is 0. The highest BCUT2D eigenvalue weighted by Gasteiger charge is 1.97. The number of carboxylic acids is 1. The van der Waals surface area contributed by atoms with E-state index in [2.05, 4.69) is 27.8 Å². The molecule has 72 valence electrons. The molecule has 2 nitrogen and oxygen atoms in total. The number of aliphatic carboxylic acids is 1. The SMILES string of the molecule is O=C(O)CC#Cc1cc(Br)ccc1Cl. The number of hydrogen-bond donors (Lipinski definition) is 1. The van der Waals surface area contributed by atoms with Crippen LogP contribution in [0.2, 0.25) is 5.02 Å². The molecule has 0 aliphatic heterocycles. The second-order valence-electron chi connectivity index (χ2n) is 2.50. The first kappa shape index (κ1) is 11.1. The summed E-state index contributed by atoms with van der Waals surface area (Å²) < 4.78 is 0.863. The molecular formula is C10H6BrClO2. The van der Waals surface area contributed by atoms with Crippen molar-refractivity contribution in [1.82, 2.24) is 0 Å². The van der Waals surface area contributed by atoms with Gasteiger partial charge in [-0.3, -0.25) is 4.79 Å². The summed E-state index contributed by atoms with van der Waals surface area (Å²) in [6, 6.07) is 5.25. The van der Waals surface area contributed by atoms with Gasteiger partial charge < -0.3 is 5.11 Å². The van der Waals surface area contributed by atoms with Gasteiger partial charge in [-0.1, -0.05) is 39.4 Å². The molecular weight excluding hydrogens is 267 g/mol. The van der Waals surface area contributed by atoms with E-state index in [-0.39, 0.29) is 6.42 Å². The summed E-state index contributed by atoms with van der Waals surface area (Å²) in [5.74, 6) is 4.27. The van der Waals surface area contributed by atoms with Crippen molar-refractivity contribution < 1.29 is 9.90 Å². The molecule has 0 fully saturated rings. The van der Waals surface area contributed by atoms with Crippen molar-refractivity contribution in [1.29, 1.82) is 0 Å². The van der Waals surface area contributed by atoms with Crippen molar-refractivity contribution in [3.8, 4) is 11.8 Å². The molecule has 0 aliphatic carbocycles. The normalized spacial score (nSPS) is 9.00. The van der Waals surface area contributed by atoms with Crippen LogP contribution in [0.5, 0.6) is 0 Å². The predicted molar refractivity (Wildman–Crippen MR) is 58.3 cm³/mol. The highest BCUT2D eigenvalue weighted by atomic mass is 79.9. The number of hydrogen-bond acceptors (Lipinski definition) is 1. The number of benzene rings is 1. The molecule has 0 amide bonds. The van der Waals surface area contributed by atoms with Crippen LogP contribution in [0.15, 0.2) is 22.7 Å². The lowest BCUT2D eigenvalue weighted by molar-refractivity contribution is -0.135. The predicted octanol–water partition coefficient (Wildman–Crippen LogP) is 2.93. The summed E-state index contributed by atoms with van der Waals surface area (Å²) in [5, 5.41) is 8.89. The number of carboxylic acid groups (broad SMARTS) is 1. The second kappa shape index (κ2) is 5.04. The van der Waals surface area contributed by atoms with Gasteiger partial charge in [0.05, 0.1) is 5.02 Å². The zero-order chi connectivity index (χ0) is 10.6. The molecule has 0 unspecified atom stereocenters. The van der Waals surface area contributed by atoms with Crippen LogP contribution in [0.25, 0.3) is 0 Å². The Morgan fingerprint density at radius 1 is 1.57 bits per heavy atom. The summed E-state index contributed by atoms with van der Waals surface area (Å²) in [5.41, 5.74) is 0.627. The first-order valence-electron chi connectivity index (χ1n) is 3.75. The van der Waals surface area contributed by atoms with Gasteiger partial charge in [0.15, 0.2) is 0 Å². The Balaban J connectivity index is 2.88. The van der Waals surface area contributed by atoms with Crippen LogP contribution in [0, 0.1) is 11.8 Å². The molecule has 0 heterocycles. The molecule has 0 saturated carbocycles. The monoisotopic (exact) mass is 272 g/mol. The fourth-order valence-corrected chi connectivity index (χ4v) is 1.33. The van der Waals surface area contributed by atoms with Gasteiger partial charge in [-0.05, 0) is 18.2 Å². The fraction of sp³-hybridized carbons (Fsp3) is 0.100. The Kier molecular flexibility index (Phi) is 3.99. The summed E-state index contributed by atoms with van der Waals surface area (Å²) >= 11 is 9.12. The average molecular weight is 274 g/mol. The molecule has 4 heteroatoms. The second-order valence-corrected chi connectivity index (χ2v) is 3.82. The average Bonchev–Trinajstić information content (AvgIpc) is 2.10. The van der Waals surface area contributed by atoms with E-state index in [1.54, 1.807) is 18.2 Å². The van der Waals surface area contributed by atoms with Crippen LogP contribution in [0.4, 0.5) is 0 Å². The maximum Gasteiger partial charge on any atom is 0.315 e. The smallest absolute Gasteiger partial charge is 0.315 e. The molecule has 0 radical (unpaired) electrons. The lowest BCUT2D eigenvalue weighted by atomic mass is 10.2. The van der Waals surface area contributed by atoms with Gasteiger partial charge in [0.2, 0.25) is 0 Å². The molecule has 1 N–H and O–H groups in total. The van der Waals surface area contributed by atoms with E-state index in [1.807, 2.05) is 0 Å². The van der Waals surface area contributed by atoms with Gasteiger partial charge in [-0.25, -0.2) is 0 Å². The zero-order valence-corrected chi connectivity index (χ0v) is 9.39. The van der Waals surface area contributed by atoms with Crippen molar-refractivity contribution >= 4 is 33.5 Å². The molecule has 14 heavy (non-hydrogen) atoms. The van der Waals surface area contributed by atoms with E-state index in [9.17, 15) is 4.79 Å². The summed E-state index contributed by atoms with van der Waals surface area (Å²) in [7, 11) is 0. The van der Waals surface area contributed by atoms with Crippen molar-refractivity contribution in [3.63, 3.8) is 0 Å². The minimum Gasteiger partial charge on any atom is -0.481 e. The third-order valence-electron chi connectivity index (χ3n) is 1.39. The third-order valence-corrected chi connectivity index (χ3v) is 2.21. The Hall–Kier alpha value is -0.980. The standard InChI is InChI=1S/C10H6BrClO2/c11-8-4-5-9(12)7(6-8)2-1-3-10(13)14/h4-6H,3H2,(H,13,14). The van der Waals surface area contributed by atoms with Crippen molar-refractivity contribution in [2.45, 2.75) is 6.42 Å². The van der Waals surface area contributed by atoms with E-state index >= 15 is 0 Å². The van der Waals surface area contributed by atoms with Gasteiger partial charge in [0, 0.05) is 10.0 Å². The maximum atomic E-state index is 10.2. The molecule has 0 saturated heterocycles. The summed E-state index contributed by atoms with van der Waals surface area (Å²) in [4.78, 5) is 10.2. The molecule has 0 aromatic heterocycles.